The van der Waals surface area contributed by atoms with Crippen molar-refractivity contribution in [3.8, 4) is 5.69 Å². The predicted molar refractivity (Wildman–Crippen MR) is 76.5 cm³/mol. The van der Waals surface area contributed by atoms with Crippen LogP contribution in [0.25, 0.3) is 5.69 Å². The molecule has 7 heteroatoms. The lowest BCUT2D eigenvalue weighted by Gasteiger charge is -2.05. The highest BCUT2D eigenvalue weighted by Gasteiger charge is 2.17. The van der Waals surface area contributed by atoms with E-state index in [9.17, 15) is 4.79 Å². The van der Waals surface area contributed by atoms with Gasteiger partial charge >= 0.3 is 5.97 Å². The minimum atomic E-state index is -0.464. The molecule has 22 heavy (non-hydrogen) atoms. The number of oxazole rings is 1. The van der Waals surface area contributed by atoms with Gasteiger partial charge in [0.1, 0.15) is 11.3 Å². The quantitative estimate of drug-likeness (QED) is 0.687. The van der Waals surface area contributed by atoms with Crippen LogP contribution in [0.5, 0.6) is 0 Å². The average molecular weight is 298 g/mol. The third kappa shape index (κ3) is 2.73. The van der Waals surface area contributed by atoms with Crippen LogP contribution in [0.3, 0.4) is 0 Å². The molecule has 0 amide bonds. The zero-order valence-electron chi connectivity index (χ0n) is 12.2. The normalized spacial score (nSPS) is 10.6. The Labute approximate surface area is 126 Å². The summed E-state index contributed by atoms with van der Waals surface area (Å²) in [5.74, 6) is 0.575. The second-order valence-corrected chi connectivity index (χ2v) is 4.70. The Morgan fingerprint density at radius 3 is 2.73 bits per heavy atom. The van der Waals surface area contributed by atoms with E-state index in [-0.39, 0.29) is 6.61 Å². The third-order valence-electron chi connectivity index (χ3n) is 3.13. The van der Waals surface area contributed by atoms with E-state index in [4.69, 9.17) is 9.15 Å². The van der Waals surface area contributed by atoms with Gasteiger partial charge in [0.15, 0.2) is 6.61 Å². The van der Waals surface area contributed by atoms with Crippen molar-refractivity contribution in [2.45, 2.75) is 20.5 Å². The first-order valence-electron chi connectivity index (χ1n) is 6.68. The van der Waals surface area contributed by atoms with Crippen LogP contribution in [0.2, 0.25) is 0 Å². The van der Waals surface area contributed by atoms with Gasteiger partial charge in [-0.3, -0.25) is 4.98 Å². The number of rotatable bonds is 4. The van der Waals surface area contributed by atoms with Crippen molar-refractivity contribution >= 4 is 5.97 Å². The number of aryl methyl sites for hydroxylation is 1. The van der Waals surface area contributed by atoms with Crippen molar-refractivity contribution in [1.29, 1.82) is 0 Å². The minimum Gasteiger partial charge on any atom is -0.452 e. The van der Waals surface area contributed by atoms with E-state index in [2.05, 4.69) is 15.1 Å². The van der Waals surface area contributed by atoms with E-state index in [0.29, 0.717) is 22.9 Å². The number of carbonyl (C=O) groups is 1. The Balaban J connectivity index is 1.75. The van der Waals surface area contributed by atoms with E-state index >= 15 is 0 Å². The van der Waals surface area contributed by atoms with E-state index in [1.807, 2.05) is 12.1 Å². The fraction of sp³-hybridized carbons (Fsp3) is 0.200. The van der Waals surface area contributed by atoms with Gasteiger partial charge in [0.2, 0.25) is 5.89 Å². The van der Waals surface area contributed by atoms with Gasteiger partial charge in [-0.15, -0.1) is 0 Å². The van der Waals surface area contributed by atoms with Crippen LogP contribution in [0.1, 0.15) is 27.7 Å². The smallest absolute Gasteiger partial charge is 0.342 e. The molecule has 0 radical (unpaired) electrons. The molecular weight excluding hydrogens is 284 g/mol. The molecule has 0 bridgehead atoms. The van der Waals surface area contributed by atoms with Gasteiger partial charge in [0.25, 0.3) is 0 Å². The number of ether oxygens (including phenoxy) is 1. The molecule has 0 aliphatic carbocycles. The number of esters is 1. The van der Waals surface area contributed by atoms with Gasteiger partial charge in [-0.2, -0.15) is 5.10 Å². The Morgan fingerprint density at radius 1 is 1.27 bits per heavy atom. The molecule has 0 spiro atoms. The number of hydrogen-bond acceptors (Lipinski definition) is 6. The number of aromatic nitrogens is 4. The molecule has 0 saturated heterocycles. The van der Waals surface area contributed by atoms with E-state index in [0.717, 1.165) is 5.69 Å². The van der Waals surface area contributed by atoms with E-state index < -0.39 is 5.97 Å². The molecule has 0 aliphatic heterocycles. The molecular formula is C15H14N4O3. The molecule has 0 aromatic carbocycles. The highest BCUT2D eigenvalue weighted by Crippen LogP contribution is 2.15. The molecule has 0 unspecified atom stereocenters. The summed E-state index contributed by atoms with van der Waals surface area (Å²) < 4.78 is 12.1. The molecule has 0 N–H and O–H groups in total. The van der Waals surface area contributed by atoms with Crippen LogP contribution in [0, 0.1) is 13.8 Å². The second kappa shape index (κ2) is 5.80. The van der Waals surface area contributed by atoms with Crippen molar-refractivity contribution in [2.75, 3.05) is 0 Å². The summed E-state index contributed by atoms with van der Waals surface area (Å²) in [6.45, 7) is 3.58. The zero-order valence-corrected chi connectivity index (χ0v) is 12.2. The van der Waals surface area contributed by atoms with Crippen LogP contribution >= 0.6 is 0 Å². The lowest BCUT2D eigenvalue weighted by Crippen LogP contribution is -2.07. The van der Waals surface area contributed by atoms with Gasteiger partial charge in [-0.05, 0) is 26.0 Å². The van der Waals surface area contributed by atoms with Crippen molar-refractivity contribution in [2.24, 2.45) is 0 Å². The van der Waals surface area contributed by atoms with Gasteiger partial charge < -0.3 is 9.15 Å². The fourth-order valence-corrected chi connectivity index (χ4v) is 2.03. The van der Waals surface area contributed by atoms with Crippen LogP contribution < -0.4 is 0 Å². The van der Waals surface area contributed by atoms with Crippen LogP contribution in [-0.2, 0) is 11.3 Å². The Morgan fingerprint density at radius 2 is 2.05 bits per heavy atom. The predicted octanol–water partition coefficient (Wildman–Crippen LogP) is 2.23. The van der Waals surface area contributed by atoms with Crippen molar-refractivity contribution in [3.05, 3.63) is 59.8 Å². The van der Waals surface area contributed by atoms with E-state index in [1.54, 1.807) is 37.1 Å². The summed E-state index contributed by atoms with van der Waals surface area (Å²) in [5, 5.41) is 4.22. The Hall–Kier alpha value is -2.96. The SMILES string of the molecule is Cc1cnc(COC(=O)c2cnn(-c3ccncc3)c2C)o1. The third-order valence-corrected chi connectivity index (χ3v) is 3.13. The van der Waals surface area contributed by atoms with Gasteiger partial charge in [-0.25, -0.2) is 14.5 Å². The number of pyridine rings is 1. The van der Waals surface area contributed by atoms with Crippen LogP contribution in [0.4, 0.5) is 0 Å². The molecule has 0 fully saturated rings. The molecule has 0 saturated carbocycles. The second-order valence-electron chi connectivity index (χ2n) is 4.70. The summed E-state index contributed by atoms with van der Waals surface area (Å²) in [6.07, 6.45) is 6.40. The molecule has 3 rings (SSSR count). The maximum absolute atomic E-state index is 12.1. The summed E-state index contributed by atoms with van der Waals surface area (Å²) in [5.41, 5.74) is 1.93. The molecule has 0 atom stereocenters. The van der Waals surface area contributed by atoms with Crippen molar-refractivity contribution in [1.82, 2.24) is 19.7 Å². The largest absolute Gasteiger partial charge is 0.452 e. The minimum absolute atomic E-state index is 0.00739. The van der Waals surface area contributed by atoms with Crippen molar-refractivity contribution in [3.63, 3.8) is 0 Å². The molecule has 0 aliphatic rings. The molecule has 112 valence electrons. The summed E-state index contributed by atoms with van der Waals surface area (Å²) in [6, 6.07) is 3.62. The molecule has 7 nitrogen and oxygen atoms in total. The van der Waals surface area contributed by atoms with Crippen LogP contribution in [-0.4, -0.2) is 25.7 Å². The topological polar surface area (TPSA) is 83.0 Å². The first-order valence-corrected chi connectivity index (χ1v) is 6.68. The molecule has 3 aromatic heterocycles. The standard InChI is InChI=1S/C15H14N4O3/c1-10-7-17-14(22-10)9-21-15(20)13-8-18-19(11(13)2)12-3-5-16-6-4-12/h3-8H,9H2,1-2H3. The monoisotopic (exact) mass is 298 g/mol. The summed E-state index contributed by atoms with van der Waals surface area (Å²) >= 11 is 0. The van der Waals surface area contributed by atoms with Gasteiger partial charge in [0.05, 0.1) is 23.8 Å². The maximum Gasteiger partial charge on any atom is 0.342 e. The average Bonchev–Trinajstić information content (AvgIpc) is 3.12. The summed E-state index contributed by atoms with van der Waals surface area (Å²) in [4.78, 5) is 20.1. The molecule has 3 aromatic rings. The Bertz CT molecular complexity index is 792. The lowest BCUT2D eigenvalue weighted by atomic mass is 10.2. The first kappa shape index (κ1) is 14.0. The van der Waals surface area contributed by atoms with Gasteiger partial charge in [-0.1, -0.05) is 0 Å². The van der Waals surface area contributed by atoms with Crippen molar-refractivity contribution < 1.29 is 13.9 Å². The number of carbonyl (C=O) groups excluding carboxylic acids is 1. The number of hydrogen-bond donors (Lipinski definition) is 0. The Kier molecular flexibility index (Phi) is 3.69. The fourth-order valence-electron chi connectivity index (χ4n) is 2.03. The summed E-state index contributed by atoms with van der Waals surface area (Å²) in [7, 11) is 0. The first-order chi connectivity index (χ1) is 10.6. The number of nitrogens with zero attached hydrogens (tertiary/aromatic N) is 4. The lowest BCUT2D eigenvalue weighted by molar-refractivity contribution is 0.0436. The van der Waals surface area contributed by atoms with Gasteiger partial charge in [0, 0.05) is 12.4 Å². The highest BCUT2D eigenvalue weighted by atomic mass is 16.5. The molecule has 3 heterocycles. The highest BCUT2D eigenvalue weighted by molar-refractivity contribution is 5.90. The maximum atomic E-state index is 12.1. The van der Waals surface area contributed by atoms with Crippen LogP contribution in [0.15, 0.2) is 41.3 Å². The van der Waals surface area contributed by atoms with E-state index in [1.165, 1.54) is 6.20 Å². The zero-order chi connectivity index (χ0) is 15.5.